The van der Waals surface area contributed by atoms with Crippen molar-refractivity contribution >= 4 is 11.8 Å². The summed E-state index contributed by atoms with van der Waals surface area (Å²) in [5.74, 6) is 0.201. The predicted octanol–water partition coefficient (Wildman–Crippen LogP) is 2.08. The molecular weight excluding hydrogens is 292 g/mol. The number of carbonyl (C=O) groups is 2. The van der Waals surface area contributed by atoms with Crippen LogP contribution in [-0.2, 0) is 9.59 Å². The van der Waals surface area contributed by atoms with Gasteiger partial charge in [0.05, 0.1) is 6.10 Å². The van der Waals surface area contributed by atoms with E-state index in [0.29, 0.717) is 6.54 Å². The molecule has 3 unspecified atom stereocenters. The monoisotopic (exact) mass is 324 g/mol. The summed E-state index contributed by atoms with van der Waals surface area (Å²) in [6.07, 6.45) is 9.02. The van der Waals surface area contributed by atoms with Gasteiger partial charge in [-0.1, -0.05) is 32.1 Å². The van der Waals surface area contributed by atoms with E-state index in [9.17, 15) is 14.7 Å². The molecular formula is C18H32N2O3. The number of rotatable bonds is 5. The molecule has 2 rings (SSSR count). The van der Waals surface area contributed by atoms with Crippen LogP contribution in [-0.4, -0.2) is 47.6 Å². The number of amides is 2. The molecule has 0 spiro atoms. The largest absolute Gasteiger partial charge is 0.393 e. The average Bonchev–Trinajstić information content (AvgIpc) is 2.56. The third-order valence-corrected chi connectivity index (χ3v) is 5.46. The van der Waals surface area contributed by atoms with Crippen LogP contribution in [0.5, 0.6) is 0 Å². The van der Waals surface area contributed by atoms with Gasteiger partial charge < -0.3 is 15.3 Å². The maximum Gasteiger partial charge on any atom is 0.244 e. The number of aliphatic hydroxyl groups excluding tert-OH is 1. The van der Waals surface area contributed by atoms with Gasteiger partial charge in [-0.2, -0.15) is 0 Å². The smallest absolute Gasteiger partial charge is 0.244 e. The minimum Gasteiger partial charge on any atom is -0.393 e. The van der Waals surface area contributed by atoms with Crippen molar-refractivity contribution in [1.29, 1.82) is 0 Å². The van der Waals surface area contributed by atoms with E-state index in [2.05, 4.69) is 5.32 Å². The summed E-state index contributed by atoms with van der Waals surface area (Å²) in [6, 6.07) is -0.491. The van der Waals surface area contributed by atoms with Gasteiger partial charge in [-0.25, -0.2) is 0 Å². The zero-order valence-corrected chi connectivity index (χ0v) is 14.6. The summed E-state index contributed by atoms with van der Waals surface area (Å²) in [4.78, 5) is 26.4. The highest BCUT2D eigenvalue weighted by atomic mass is 16.3. The molecule has 23 heavy (non-hydrogen) atoms. The minimum absolute atomic E-state index is 0.0247. The summed E-state index contributed by atoms with van der Waals surface area (Å²) in [7, 11) is 1.77. The maximum absolute atomic E-state index is 12.5. The normalized spacial score (nSPS) is 27.3. The molecule has 0 aliphatic heterocycles. The Morgan fingerprint density at radius 2 is 1.70 bits per heavy atom. The van der Waals surface area contributed by atoms with Crippen LogP contribution in [0.15, 0.2) is 0 Å². The lowest BCUT2D eigenvalue weighted by atomic mass is 9.86. The van der Waals surface area contributed by atoms with Crippen molar-refractivity contribution in [2.45, 2.75) is 76.9 Å². The van der Waals surface area contributed by atoms with E-state index in [1.807, 2.05) is 0 Å². The summed E-state index contributed by atoms with van der Waals surface area (Å²) >= 11 is 0. The third kappa shape index (κ3) is 5.20. The molecule has 0 heterocycles. The lowest BCUT2D eigenvalue weighted by Gasteiger charge is -2.32. The van der Waals surface area contributed by atoms with E-state index in [-0.39, 0.29) is 29.8 Å². The van der Waals surface area contributed by atoms with Gasteiger partial charge in [0.15, 0.2) is 0 Å². The third-order valence-electron chi connectivity index (χ3n) is 5.46. The molecule has 132 valence electrons. The van der Waals surface area contributed by atoms with E-state index < -0.39 is 6.04 Å². The maximum atomic E-state index is 12.5. The molecule has 0 saturated heterocycles. The SMILES string of the molecule is CC(NC(=O)C1CCCCC1)C(=O)N(C)CC1CCCCC1O. The molecule has 2 aliphatic carbocycles. The number of hydrogen-bond donors (Lipinski definition) is 2. The second-order valence-electron chi connectivity index (χ2n) is 7.40. The molecule has 2 N–H and O–H groups in total. The summed E-state index contributed by atoms with van der Waals surface area (Å²) < 4.78 is 0. The predicted molar refractivity (Wildman–Crippen MR) is 89.8 cm³/mol. The second-order valence-corrected chi connectivity index (χ2v) is 7.40. The minimum atomic E-state index is -0.491. The van der Waals surface area contributed by atoms with E-state index in [0.717, 1.165) is 51.4 Å². The Bertz CT molecular complexity index is 407. The van der Waals surface area contributed by atoms with Gasteiger partial charge in [0.25, 0.3) is 0 Å². The number of likely N-dealkylation sites (N-methyl/N-ethyl adjacent to an activating group) is 1. The molecule has 5 heteroatoms. The first-order valence-corrected chi connectivity index (χ1v) is 9.22. The van der Waals surface area contributed by atoms with Crippen molar-refractivity contribution in [3.05, 3.63) is 0 Å². The van der Waals surface area contributed by atoms with Gasteiger partial charge in [-0.3, -0.25) is 9.59 Å². The van der Waals surface area contributed by atoms with Crippen LogP contribution in [0.3, 0.4) is 0 Å². The first kappa shape index (κ1) is 18.2. The first-order valence-electron chi connectivity index (χ1n) is 9.22. The molecule has 0 aromatic carbocycles. The van der Waals surface area contributed by atoms with Crippen LogP contribution in [0.2, 0.25) is 0 Å². The van der Waals surface area contributed by atoms with E-state index >= 15 is 0 Å². The summed E-state index contributed by atoms with van der Waals surface area (Å²) in [5.41, 5.74) is 0. The van der Waals surface area contributed by atoms with Gasteiger partial charge in [-0.15, -0.1) is 0 Å². The van der Waals surface area contributed by atoms with Gasteiger partial charge in [0.2, 0.25) is 11.8 Å². The average molecular weight is 324 g/mol. The molecule has 2 aliphatic rings. The molecule has 0 aromatic heterocycles. The zero-order valence-electron chi connectivity index (χ0n) is 14.6. The van der Waals surface area contributed by atoms with Crippen molar-refractivity contribution in [2.24, 2.45) is 11.8 Å². The lowest BCUT2D eigenvalue weighted by molar-refractivity contribution is -0.137. The molecule has 0 radical (unpaired) electrons. The fourth-order valence-corrected chi connectivity index (χ4v) is 3.93. The Hall–Kier alpha value is -1.10. The number of carbonyl (C=O) groups excluding carboxylic acids is 2. The number of hydrogen-bond acceptors (Lipinski definition) is 3. The van der Waals surface area contributed by atoms with Crippen LogP contribution in [0.1, 0.15) is 64.7 Å². The first-order chi connectivity index (χ1) is 11.0. The quantitative estimate of drug-likeness (QED) is 0.813. The second kappa shape index (κ2) is 8.67. The van der Waals surface area contributed by atoms with Gasteiger partial charge in [0.1, 0.15) is 6.04 Å². The number of nitrogens with zero attached hydrogens (tertiary/aromatic N) is 1. The van der Waals surface area contributed by atoms with Crippen LogP contribution in [0.25, 0.3) is 0 Å². The highest BCUT2D eigenvalue weighted by Gasteiger charge is 2.29. The van der Waals surface area contributed by atoms with Crippen molar-refractivity contribution < 1.29 is 14.7 Å². The highest BCUT2D eigenvalue weighted by Crippen LogP contribution is 2.25. The number of nitrogens with one attached hydrogen (secondary N) is 1. The van der Waals surface area contributed by atoms with Crippen LogP contribution >= 0.6 is 0 Å². The Morgan fingerprint density at radius 1 is 1.09 bits per heavy atom. The molecule has 3 atom stereocenters. The zero-order chi connectivity index (χ0) is 16.8. The lowest BCUT2D eigenvalue weighted by Crippen LogP contribution is -2.49. The topological polar surface area (TPSA) is 69.6 Å². The molecule has 2 amide bonds. The summed E-state index contributed by atoms with van der Waals surface area (Å²) in [6.45, 7) is 2.33. The molecule has 2 saturated carbocycles. The van der Waals surface area contributed by atoms with Gasteiger partial charge in [-0.05, 0) is 32.6 Å². The van der Waals surface area contributed by atoms with Crippen molar-refractivity contribution in [1.82, 2.24) is 10.2 Å². The molecule has 5 nitrogen and oxygen atoms in total. The highest BCUT2D eigenvalue weighted by molar-refractivity contribution is 5.88. The van der Waals surface area contributed by atoms with Crippen LogP contribution in [0.4, 0.5) is 0 Å². The van der Waals surface area contributed by atoms with Crippen LogP contribution in [0, 0.1) is 11.8 Å². The standard InChI is InChI=1S/C18H32N2O3/c1-13(19-17(22)14-8-4-3-5-9-14)18(23)20(2)12-15-10-6-7-11-16(15)21/h13-16,21H,3-12H2,1-2H3,(H,19,22). The van der Waals surface area contributed by atoms with Crippen molar-refractivity contribution in [3.63, 3.8) is 0 Å². The van der Waals surface area contributed by atoms with Gasteiger partial charge >= 0.3 is 0 Å². The Balaban J connectivity index is 1.79. The van der Waals surface area contributed by atoms with E-state index in [1.165, 1.54) is 6.42 Å². The summed E-state index contributed by atoms with van der Waals surface area (Å²) in [5, 5.41) is 12.9. The number of aliphatic hydroxyl groups is 1. The van der Waals surface area contributed by atoms with E-state index in [4.69, 9.17) is 0 Å². The van der Waals surface area contributed by atoms with Gasteiger partial charge in [0, 0.05) is 25.4 Å². The fourth-order valence-electron chi connectivity index (χ4n) is 3.93. The van der Waals surface area contributed by atoms with Crippen LogP contribution < -0.4 is 5.32 Å². The Morgan fingerprint density at radius 3 is 2.35 bits per heavy atom. The fraction of sp³-hybridized carbons (Fsp3) is 0.889. The molecule has 0 bridgehead atoms. The van der Waals surface area contributed by atoms with Crippen molar-refractivity contribution in [2.75, 3.05) is 13.6 Å². The Kier molecular flexibility index (Phi) is 6.88. The van der Waals surface area contributed by atoms with E-state index in [1.54, 1.807) is 18.9 Å². The molecule has 2 fully saturated rings. The Labute approximate surface area is 139 Å². The molecule has 0 aromatic rings. The van der Waals surface area contributed by atoms with Crippen molar-refractivity contribution in [3.8, 4) is 0 Å².